The van der Waals surface area contributed by atoms with Crippen molar-refractivity contribution in [1.29, 1.82) is 0 Å². The Morgan fingerprint density at radius 1 is 1.52 bits per heavy atom. The highest BCUT2D eigenvalue weighted by Gasteiger charge is 2.26. The first-order valence-corrected chi connectivity index (χ1v) is 7.36. The average molecular weight is 315 g/mol. The number of nitrogens with zero attached hydrogens (tertiary/aromatic N) is 3. The molecule has 1 aliphatic rings. The van der Waals surface area contributed by atoms with Crippen LogP contribution in [0.15, 0.2) is 12.3 Å². The summed E-state index contributed by atoms with van der Waals surface area (Å²) in [5, 5.41) is 11.4. The lowest BCUT2D eigenvalue weighted by Gasteiger charge is -2.32. The molecule has 0 bridgehead atoms. The van der Waals surface area contributed by atoms with Gasteiger partial charge in [-0.3, -0.25) is 10.1 Å². The first-order valence-electron chi connectivity index (χ1n) is 6.98. The van der Waals surface area contributed by atoms with Crippen LogP contribution in [0, 0.1) is 10.1 Å². The maximum absolute atomic E-state index is 11.1. The topological polar surface area (TPSA) is 94.5 Å². The Bertz CT molecular complexity index is 492. The third kappa shape index (κ3) is 4.26. The summed E-state index contributed by atoms with van der Waals surface area (Å²) in [5.74, 6) is 0.379. The van der Waals surface area contributed by atoms with Gasteiger partial charge >= 0.3 is 5.69 Å². The van der Waals surface area contributed by atoms with E-state index in [4.69, 9.17) is 22.1 Å². The maximum Gasteiger partial charge on any atom is 0.313 e. The highest BCUT2D eigenvalue weighted by Crippen LogP contribution is 2.30. The number of halogens is 1. The fraction of sp³-hybridized carbons (Fsp3) is 0.615. The fourth-order valence-electron chi connectivity index (χ4n) is 2.37. The molecular formula is C13H19ClN4O3. The summed E-state index contributed by atoms with van der Waals surface area (Å²) in [4.78, 5) is 16.7. The van der Waals surface area contributed by atoms with Crippen LogP contribution in [0.4, 0.5) is 11.5 Å². The molecule has 116 valence electrons. The molecule has 0 atom stereocenters. The standard InChI is InChI=1S/C13H19ClN4O3/c14-10-8-12(18(19)20)13(16-9-10)17-5-2-11(3-6-17)21-7-1-4-15/h8-9,11H,1-7,15H2. The van der Waals surface area contributed by atoms with Gasteiger partial charge in [0.2, 0.25) is 5.82 Å². The minimum atomic E-state index is -0.446. The summed E-state index contributed by atoms with van der Waals surface area (Å²) < 4.78 is 5.72. The van der Waals surface area contributed by atoms with Crippen LogP contribution in [0.2, 0.25) is 5.02 Å². The molecule has 1 aromatic heterocycles. The van der Waals surface area contributed by atoms with E-state index < -0.39 is 4.92 Å². The zero-order valence-corrected chi connectivity index (χ0v) is 12.5. The summed E-state index contributed by atoms with van der Waals surface area (Å²) in [6.45, 7) is 2.66. The van der Waals surface area contributed by atoms with Crippen LogP contribution in [0.3, 0.4) is 0 Å². The monoisotopic (exact) mass is 314 g/mol. The van der Waals surface area contributed by atoms with Crippen LogP contribution >= 0.6 is 11.6 Å². The second kappa shape index (κ2) is 7.53. The summed E-state index contributed by atoms with van der Waals surface area (Å²) in [6.07, 6.45) is 4.13. The SMILES string of the molecule is NCCCOC1CCN(c2ncc(Cl)cc2[N+](=O)[O-])CC1. The first kappa shape index (κ1) is 15.9. The Kier molecular flexibility index (Phi) is 5.72. The van der Waals surface area contributed by atoms with E-state index in [9.17, 15) is 10.1 Å². The number of nitrogens with two attached hydrogens (primary N) is 1. The van der Waals surface area contributed by atoms with Crippen molar-refractivity contribution in [2.24, 2.45) is 5.73 Å². The Morgan fingerprint density at radius 3 is 2.86 bits per heavy atom. The molecule has 0 amide bonds. The van der Waals surface area contributed by atoms with E-state index in [1.54, 1.807) is 0 Å². The smallest absolute Gasteiger partial charge is 0.313 e. The Balaban J connectivity index is 1.97. The number of nitro groups is 1. The molecule has 7 nitrogen and oxygen atoms in total. The molecule has 0 unspecified atom stereocenters. The molecule has 0 aromatic carbocycles. The average Bonchev–Trinajstić information content (AvgIpc) is 2.48. The molecule has 8 heteroatoms. The number of pyridine rings is 1. The first-order chi connectivity index (χ1) is 10.1. The van der Waals surface area contributed by atoms with Crippen LogP contribution in [-0.4, -0.2) is 42.3 Å². The van der Waals surface area contributed by atoms with Crippen LogP contribution in [0.1, 0.15) is 19.3 Å². The number of aromatic nitrogens is 1. The van der Waals surface area contributed by atoms with E-state index in [0.29, 0.717) is 32.1 Å². The van der Waals surface area contributed by atoms with Crippen molar-refractivity contribution in [1.82, 2.24) is 4.98 Å². The van der Waals surface area contributed by atoms with E-state index in [1.807, 2.05) is 4.90 Å². The molecule has 2 heterocycles. The van der Waals surface area contributed by atoms with E-state index in [1.165, 1.54) is 12.3 Å². The molecule has 0 spiro atoms. The molecule has 2 rings (SSSR count). The minimum Gasteiger partial charge on any atom is -0.378 e. The number of anilines is 1. The highest BCUT2D eigenvalue weighted by molar-refractivity contribution is 6.30. The highest BCUT2D eigenvalue weighted by atomic mass is 35.5. The third-order valence-electron chi connectivity index (χ3n) is 3.45. The third-order valence-corrected chi connectivity index (χ3v) is 3.66. The summed E-state index contributed by atoms with van der Waals surface area (Å²) >= 11 is 5.78. The Hall–Kier alpha value is -1.44. The van der Waals surface area contributed by atoms with Gasteiger partial charge in [0.25, 0.3) is 0 Å². The van der Waals surface area contributed by atoms with Gasteiger partial charge in [-0.1, -0.05) is 11.6 Å². The molecule has 1 fully saturated rings. The van der Waals surface area contributed by atoms with Gasteiger partial charge in [-0.25, -0.2) is 4.98 Å². The number of hydrogen-bond acceptors (Lipinski definition) is 6. The van der Waals surface area contributed by atoms with E-state index in [-0.39, 0.29) is 16.8 Å². The molecule has 1 aliphatic heterocycles. The fourth-order valence-corrected chi connectivity index (χ4v) is 2.52. The van der Waals surface area contributed by atoms with Crippen LogP contribution < -0.4 is 10.6 Å². The van der Waals surface area contributed by atoms with Crippen molar-refractivity contribution >= 4 is 23.1 Å². The summed E-state index contributed by atoms with van der Waals surface area (Å²) in [6, 6.07) is 1.34. The van der Waals surface area contributed by atoms with Gasteiger partial charge in [-0.05, 0) is 25.8 Å². The van der Waals surface area contributed by atoms with Crippen LogP contribution in [0.5, 0.6) is 0 Å². The largest absolute Gasteiger partial charge is 0.378 e. The lowest BCUT2D eigenvalue weighted by atomic mass is 10.1. The normalized spacial score (nSPS) is 16.2. The van der Waals surface area contributed by atoms with Gasteiger partial charge in [0.1, 0.15) is 0 Å². The van der Waals surface area contributed by atoms with Crippen LogP contribution in [-0.2, 0) is 4.74 Å². The van der Waals surface area contributed by atoms with Gasteiger partial charge in [-0.15, -0.1) is 0 Å². The second-order valence-electron chi connectivity index (χ2n) is 4.95. The predicted octanol–water partition coefficient (Wildman–Crippen LogP) is 1.98. The minimum absolute atomic E-state index is 0.0509. The maximum atomic E-state index is 11.1. The zero-order chi connectivity index (χ0) is 15.2. The van der Waals surface area contributed by atoms with Gasteiger partial charge in [-0.2, -0.15) is 0 Å². The van der Waals surface area contributed by atoms with Crippen molar-refractivity contribution in [3.05, 3.63) is 27.4 Å². The van der Waals surface area contributed by atoms with Crippen molar-refractivity contribution in [2.75, 3.05) is 31.1 Å². The van der Waals surface area contributed by atoms with Crippen molar-refractivity contribution < 1.29 is 9.66 Å². The molecule has 2 N–H and O–H groups in total. The predicted molar refractivity (Wildman–Crippen MR) is 80.8 cm³/mol. The lowest BCUT2D eigenvalue weighted by Crippen LogP contribution is -2.38. The van der Waals surface area contributed by atoms with Crippen molar-refractivity contribution in [3.8, 4) is 0 Å². The molecule has 0 saturated carbocycles. The van der Waals surface area contributed by atoms with E-state index >= 15 is 0 Å². The Labute approximate surface area is 128 Å². The van der Waals surface area contributed by atoms with Gasteiger partial charge in [0, 0.05) is 32.0 Å². The molecule has 0 aliphatic carbocycles. The number of rotatable bonds is 6. The van der Waals surface area contributed by atoms with Crippen LogP contribution in [0.25, 0.3) is 0 Å². The summed E-state index contributed by atoms with van der Waals surface area (Å²) in [5.41, 5.74) is 5.38. The number of hydrogen-bond donors (Lipinski definition) is 1. The zero-order valence-electron chi connectivity index (χ0n) is 11.7. The molecule has 21 heavy (non-hydrogen) atoms. The van der Waals surface area contributed by atoms with E-state index in [0.717, 1.165) is 19.3 Å². The molecule has 1 saturated heterocycles. The van der Waals surface area contributed by atoms with Gasteiger partial charge < -0.3 is 15.4 Å². The van der Waals surface area contributed by atoms with Gasteiger partial charge in [0.05, 0.1) is 16.0 Å². The van der Waals surface area contributed by atoms with Crippen molar-refractivity contribution in [2.45, 2.75) is 25.4 Å². The van der Waals surface area contributed by atoms with Crippen molar-refractivity contribution in [3.63, 3.8) is 0 Å². The molecular weight excluding hydrogens is 296 g/mol. The number of piperidine rings is 1. The van der Waals surface area contributed by atoms with Gasteiger partial charge in [0.15, 0.2) is 0 Å². The Morgan fingerprint density at radius 2 is 2.24 bits per heavy atom. The second-order valence-corrected chi connectivity index (χ2v) is 5.39. The van der Waals surface area contributed by atoms with E-state index in [2.05, 4.69) is 4.98 Å². The molecule has 1 aromatic rings. The number of ether oxygens (including phenoxy) is 1. The summed E-state index contributed by atoms with van der Waals surface area (Å²) in [7, 11) is 0. The lowest BCUT2D eigenvalue weighted by molar-refractivity contribution is -0.384. The quantitative estimate of drug-likeness (QED) is 0.490. The molecule has 0 radical (unpaired) electrons.